The molecule has 1 amide bonds. The number of benzene rings is 2. The van der Waals surface area contributed by atoms with E-state index >= 15 is 0 Å². The number of amidine groups is 1. The number of amides is 1. The van der Waals surface area contributed by atoms with Crippen LogP contribution in [0.15, 0.2) is 66.0 Å². The number of nitrogens with one attached hydrogen (secondary N) is 1. The average Bonchev–Trinajstić information content (AvgIpc) is 3.11. The fourth-order valence-electron chi connectivity index (χ4n) is 2.92. The highest BCUT2D eigenvalue weighted by Gasteiger charge is 2.38. The van der Waals surface area contributed by atoms with Gasteiger partial charge >= 0.3 is 0 Å². The Balaban J connectivity index is 1.50. The summed E-state index contributed by atoms with van der Waals surface area (Å²) in [6.07, 6.45) is 3.02. The second-order valence-corrected chi connectivity index (χ2v) is 7.31. The van der Waals surface area contributed by atoms with Crippen molar-refractivity contribution in [2.75, 3.05) is 12.0 Å². The van der Waals surface area contributed by atoms with Crippen LogP contribution in [0.3, 0.4) is 0 Å². The number of anilines is 1. The molecule has 2 aliphatic heterocycles. The van der Waals surface area contributed by atoms with E-state index in [-0.39, 0.29) is 5.91 Å². The van der Waals surface area contributed by atoms with Crippen molar-refractivity contribution >= 4 is 40.1 Å². The first-order valence-electron chi connectivity index (χ1n) is 8.30. The summed E-state index contributed by atoms with van der Waals surface area (Å²) >= 11 is 7.58. The van der Waals surface area contributed by atoms with Crippen LogP contribution in [0.2, 0.25) is 5.02 Å². The third-order valence-electron chi connectivity index (χ3n) is 4.23. The number of methoxy groups -OCH3 is 1. The monoisotopic (exact) mass is 400 g/mol. The van der Waals surface area contributed by atoms with E-state index < -0.39 is 6.17 Å². The highest BCUT2D eigenvalue weighted by molar-refractivity contribution is 8.13. The van der Waals surface area contributed by atoms with Crippen molar-refractivity contribution in [3.05, 3.63) is 71.5 Å². The number of hydrogen-bond donors (Lipinski definition) is 1. The molecule has 1 atom stereocenters. The number of carbonyl (C=O) groups is 1. The molecule has 1 N–H and O–H groups in total. The minimum atomic E-state index is -0.568. The highest BCUT2D eigenvalue weighted by atomic mass is 35.5. The van der Waals surface area contributed by atoms with Gasteiger partial charge in [0.1, 0.15) is 5.75 Å². The zero-order valence-electron chi connectivity index (χ0n) is 14.5. The maximum absolute atomic E-state index is 13.0. The molecule has 138 valence electrons. The molecule has 1 unspecified atom stereocenters. The zero-order chi connectivity index (χ0) is 18.8. The number of para-hydroxylation sites is 2. The molecule has 0 saturated heterocycles. The summed E-state index contributed by atoms with van der Waals surface area (Å²) in [5.41, 5.74) is 4.72. The molecule has 2 aliphatic rings. The minimum absolute atomic E-state index is 0.121. The molecule has 27 heavy (non-hydrogen) atoms. The van der Waals surface area contributed by atoms with Gasteiger partial charge in [-0.1, -0.05) is 47.6 Å². The van der Waals surface area contributed by atoms with Gasteiger partial charge in [0.05, 0.1) is 12.8 Å². The molecule has 0 saturated carbocycles. The van der Waals surface area contributed by atoms with Crippen molar-refractivity contribution in [1.29, 1.82) is 0 Å². The van der Waals surface area contributed by atoms with E-state index in [1.165, 1.54) is 0 Å². The number of rotatable bonds is 4. The van der Waals surface area contributed by atoms with Gasteiger partial charge in [0.2, 0.25) is 6.17 Å². The quantitative estimate of drug-likeness (QED) is 0.849. The van der Waals surface area contributed by atoms with Gasteiger partial charge in [0.15, 0.2) is 5.17 Å². The maximum atomic E-state index is 13.0. The molecule has 8 heteroatoms. The van der Waals surface area contributed by atoms with Crippen molar-refractivity contribution in [3.8, 4) is 5.75 Å². The van der Waals surface area contributed by atoms with Gasteiger partial charge in [-0.3, -0.25) is 20.0 Å². The number of fused-ring (bicyclic) bond motifs is 1. The lowest BCUT2D eigenvalue weighted by Crippen LogP contribution is -2.52. The lowest BCUT2D eigenvalue weighted by molar-refractivity contribution is -0.122. The van der Waals surface area contributed by atoms with Crippen molar-refractivity contribution in [2.45, 2.75) is 11.9 Å². The van der Waals surface area contributed by atoms with Crippen LogP contribution in [0.5, 0.6) is 5.75 Å². The summed E-state index contributed by atoms with van der Waals surface area (Å²) < 4.78 is 5.37. The molecule has 0 spiro atoms. The standard InChI is InChI=1S/C19H17ClN4O2S/c1-26-16-8-3-2-7-15(16)23-9-10-24-17(18(23)25)21-22-19(24)27-12-13-5-4-6-14(20)11-13/h2-11,17,21H,12H2,1H3. The van der Waals surface area contributed by atoms with Crippen LogP contribution in [0.25, 0.3) is 0 Å². The van der Waals surface area contributed by atoms with E-state index in [0.29, 0.717) is 22.2 Å². The number of thioether (sulfide) groups is 1. The summed E-state index contributed by atoms with van der Waals surface area (Å²) in [4.78, 5) is 16.4. The number of hydrogen-bond acceptors (Lipinski definition) is 6. The number of hydrazone groups is 1. The van der Waals surface area contributed by atoms with Crippen molar-refractivity contribution in [1.82, 2.24) is 10.3 Å². The van der Waals surface area contributed by atoms with E-state index in [9.17, 15) is 4.79 Å². The topological polar surface area (TPSA) is 57.2 Å². The Morgan fingerprint density at radius 1 is 1.22 bits per heavy atom. The first-order chi connectivity index (χ1) is 13.2. The molecule has 0 radical (unpaired) electrons. The lowest BCUT2D eigenvalue weighted by atomic mass is 10.2. The first kappa shape index (κ1) is 17.8. The van der Waals surface area contributed by atoms with E-state index in [4.69, 9.17) is 16.3 Å². The highest BCUT2D eigenvalue weighted by Crippen LogP contribution is 2.32. The Morgan fingerprint density at radius 3 is 2.89 bits per heavy atom. The second-order valence-electron chi connectivity index (χ2n) is 5.93. The smallest absolute Gasteiger partial charge is 0.276 e. The van der Waals surface area contributed by atoms with Crippen LogP contribution in [-0.4, -0.2) is 29.3 Å². The van der Waals surface area contributed by atoms with Crippen LogP contribution >= 0.6 is 23.4 Å². The molecule has 2 heterocycles. The summed E-state index contributed by atoms with van der Waals surface area (Å²) in [6, 6.07) is 15.1. The van der Waals surface area contributed by atoms with Crippen LogP contribution < -0.4 is 15.1 Å². The zero-order valence-corrected chi connectivity index (χ0v) is 16.1. The largest absolute Gasteiger partial charge is 0.495 e. The predicted octanol–water partition coefficient (Wildman–Crippen LogP) is 3.60. The van der Waals surface area contributed by atoms with Crippen LogP contribution in [0, 0.1) is 0 Å². The average molecular weight is 401 g/mol. The SMILES string of the molecule is COc1ccccc1N1C=CN2C(SCc3cccc(Cl)c3)=NNC2C1=O. The normalized spacial score (nSPS) is 18.2. The van der Waals surface area contributed by atoms with E-state index in [2.05, 4.69) is 10.5 Å². The number of halogens is 1. The van der Waals surface area contributed by atoms with Crippen LogP contribution in [0.1, 0.15) is 5.56 Å². The minimum Gasteiger partial charge on any atom is -0.495 e. The van der Waals surface area contributed by atoms with Crippen molar-refractivity contribution in [3.63, 3.8) is 0 Å². The molecular weight excluding hydrogens is 384 g/mol. The number of carbonyl (C=O) groups excluding carboxylic acids is 1. The maximum Gasteiger partial charge on any atom is 0.276 e. The Morgan fingerprint density at radius 2 is 2.07 bits per heavy atom. The van der Waals surface area contributed by atoms with Gasteiger partial charge in [0.25, 0.3) is 5.91 Å². The first-order valence-corrected chi connectivity index (χ1v) is 9.67. The summed E-state index contributed by atoms with van der Waals surface area (Å²) in [5, 5.41) is 5.78. The molecule has 0 aliphatic carbocycles. The summed E-state index contributed by atoms with van der Waals surface area (Å²) in [5.74, 6) is 1.23. The van der Waals surface area contributed by atoms with Gasteiger partial charge in [-0.05, 0) is 29.8 Å². The molecule has 4 rings (SSSR count). The fourth-order valence-corrected chi connectivity index (χ4v) is 4.04. The van der Waals surface area contributed by atoms with Gasteiger partial charge in [0, 0.05) is 23.2 Å². The van der Waals surface area contributed by atoms with Crippen LogP contribution in [0.4, 0.5) is 5.69 Å². The molecule has 6 nitrogen and oxygen atoms in total. The van der Waals surface area contributed by atoms with Gasteiger partial charge in [-0.25, -0.2) is 0 Å². The molecule has 0 fully saturated rings. The Labute approximate surface area is 166 Å². The van der Waals surface area contributed by atoms with E-state index in [1.807, 2.05) is 59.6 Å². The molecule has 2 aromatic rings. The third-order valence-corrected chi connectivity index (χ3v) is 5.50. The van der Waals surface area contributed by atoms with Gasteiger partial charge in [-0.2, -0.15) is 5.10 Å². The van der Waals surface area contributed by atoms with Crippen molar-refractivity contribution in [2.24, 2.45) is 5.10 Å². The summed E-state index contributed by atoms with van der Waals surface area (Å²) in [7, 11) is 1.59. The summed E-state index contributed by atoms with van der Waals surface area (Å²) in [6.45, 7) is 0. The van der Waals surface area contributed by atoms with Crippen LogP contribution in [-0.2, 0) is 10.5 Å². The van der Waals surface area contributed by atoms with Gasteiger partial charge in [-0.15, -0.1) is 0 Å². The number of nitrogens with zero attached hydrogens (tertiary/aromatic N) is 3. The molecule has 2 aromatic carbocycles. The molecular formula is C19H17ClN4O2S. The lowest BCUT2D eigenvalue weighted by Gasteiger charge is -2.32. The number of ether oxygens (including phenoxy) is 1. The predicted molar refractivity (Wildman–Crippen MR) is 109 cm³/mol. The Bertz CT molecular complexity index is 933. The molecule has 0 bridgehead atoms. The fraction of sp³-hybridized carbons (Fsp3) is 0.158. The van der Waals surface area contributed by atoms with Gasteiger partial charge < -0.3 is 4.74 Å². The Hall–Kier alpha value is -2.64. The van der Waals surface area contributed by atoms with Crippen molar-refractivity contribution < 1.29 is 9.53 Å². The Kier molecular flexibility index (Phi) is 4.96. The second kappa shape index (κ2) is 7.54. The van der Waals surface area contributed by atoms with E-state index in [0.717, 1.165) is 10.7 Å². The third kappa shape index (κ3) is 3.48. The molecule has 0 aromatic heterocycles. The van der Waals surface area contributed by atoms with E-state index in [1.54, 1.807) is 30.0 Å².